The molecule has 0 aromatic heterocycles. The second-order valence-electron chi connectivity index (χ2n) is 15.0. The summed E-state index contributed by atoms with van der Waals surface area (Å²) in [6.07, 6.45) is 1.21. The van der Waals surface area contributed by atoms with Gasteiger partial charge >= 0.3 is 11.9 Å². The molecule has 0 aliphatic carbocycles. The lowest BCUT2D eigenvalue weighted by atomic mass is 9.82. The molecule has 3 heterocycles. The standard InChI is InChI=1S/C40H61NO15/c1-4-23(2)31-15-13-11-9-7-5-6-8-10-12-14-27(54-39-37(49)35(41)36(48)24(3)53-39)20-32-34(38(50)51)30(46)22-40(52,56-32)21-29(45)28(44)17-16-25(42)18-26(43)19-33(47)55-31/h5-14,23-24,26-32,34-37,39,43-46,48-49,52H,4,15-22,41H2,1-3H3,(H,50,51)/b6-5-,9-7-,10-8-,13-11-,14-12-/t23?,24-,26?,27?,28?,29?,30?,31?,32?,34?,35+,36-,37+,39+,40?/m1/s1. The van der Waals surface area contributed by atoms with Gasteiger partial charge in [-0.25, -0.2) is 0 Å². The van der Waals surface area contributed by atoms with E-state index >= 15 is 0 Å². The molecule has 10 unspecified atom stereocenters. The van der Waals surface area contributed by atoms with E-state index in [4.69, 9.17) is 24.7 Å². The maximum atomic E-state index is 12.6. The van der Waals surface area contributed by atoms with Crippen LogP contribution in [0.4, 0.5) is 0 Å². The van der Waals surface area contributed by atoms with E-state index in [1.165, 1.54) is 13.0 Å². The summed E-state index contributed by atoms with van der Waals surface area (Å²) in [4.78, 5) is 37.7. The quantitative estimate of drug-likeness (QED) is 0.174. The van der Waals surface area contributed by atoms with Crippen molar-refractivity contribution in [1.82, 2.24) is 0 Å². The van der Waals surface area contributed by atoms with Gasteiger partial charge in [-0.3, -0.25) is 14.4 Å². The Morgan fingerprint density at radius 1 is 0.929 bits per heavy atom. The molecule has 2 fully saturated rings. The second-order valence-corrected chi connectivity index (χ2v) is 15.0. The van der Waals surface area contributed by atoms with Crippen LogP contribution in [0.5, 0.6) is 0 Å². The molecule has 0 aromatic carbocycles. The number of hydrogen-bond donors (Lipinski definition) is 9. The van der Waals surface area contributed by atoms with Crippen molar-refractivity contribution >= 4 is 17.7 Å². The van der Waals surface area contributed by atoms with Crippen LogP contribution in [0.3, 0.4) is 0 Å². The first-order valence-electron chi connectivity index (χ1n) is 19.3. The highest BCUT2D eigenvalue weighted by molar-refractivity contribution is 5.80. The van der Waals surface area contributed by atoms with E-state index in [2.05, 4.69) is 0 Å². The van der Waals surface area contributed by atoms with Crippen LogP contribution >= 0.6 is 0 Å². The summed E-state index contributed by atoms with van der Waals surface area (Å²) >= 11 is 0. The maximum absolute atomic E-state index is 12.6. The van der Waals surface area contributed by atoms with Crippen molar-refractivity contribution < 1.29 is 74.2 Å². The zero-order chi connectivity index (χ0) is 41.6. The molecular weight excluding hydrogens is 734 g/mol. The minimum Gasteiger partial charge on any atom is -0.481 e. The lowest BCUT2D eigenvalue weighted by Gasteiger charge is -2.45. The number of carbonyl (C=O) groups excluding carboxylic acids is 2. The van der Waals surface area contributed by atoms with Gasteiger partial charge in [0.25, 0.3) is 0 Å². The number of aliphatic carboxylic acids is 1. The predicted octanol–water partition coefficient (Wildman–Crippen LogP) is 0.840. The molecule has 0 saturated carbocycles. The van der Waals surface area contributed by atoms with Gasteiger partial charge in [0.05, 0.1) is 61.3 Å². The highest BCUT2D eigenvalue weighted by Crippen LogP contribution is 2.38. The molecule has 16 nitrogen and oxygen atoms in total. The van der Waals surface area contributed by atoms with Gasteiger partial charge in [-0.05, 0) is 19.3 Å². The maximum Gasteiger partial charge on any atom is 0.311 e. The normalized spacial score (nSPS) is 42.5. The highest BCUT2D eigenvalue weighted by Gasteiger charge is 2.51. The van der Waals surface area contributed by atoms with Gasteiger partial charge < -0.3 is 65.5 Å². The molecule has 3 aliphatic rings. The van der Waals surface area contributed by atoms with Crippen LogP contribution in [0, 0.1) is 11.8 Å². The summed E-state index contributed by atoms with van der Waals surface area (Å²) in [6.45, 7) is 5.45. The zero-order valence-corrected chi connectivity index (χ0v) is 32.2. The van der Waals surface area contributed by atoms with Gasteiger partial charge in [0, 0.05) is 38.5 Å². The number of ether oxygens (including phenoxy) is 4. The third-order valence-electron chi connectivity index (χ3n) is 10.4. The third-order valence-corrected chi connectivity index (χ3v) is 10.4. The van der Waals surface area contributed by atoms with E-state index in [9.17, 15) is 55.2 Å². The van der Waals surface area contributed by atoms with Crippen LogP contribution in [0.15, 0.2) is 60.8 Å². The Bertz CT molecular complexity index is 1420. The Balaban J connectivity index is 1.91. The van der Waals surface area contributed by atoms with Crippen LogP contribution in [0.2, 0.25) is 0 Å². The highest BCUT2D eigenvalue weighted by atomic mass is 16.7. The fraction of sp³-hybridized carbons (Fsp3) is 0.675. The zero-order valence-electron chi connectivity index (χ0n) is 32.2. The number of carboxylic acids is 1. The summed E-state index contributed by atoms with van der Waals surface area (Å²) in [6, 6.07) is -1.13. The van der Waals surface area contributed by atoms with Gasteiger partial charge in [-0.1, -0.05) is 81.0 Å². The number of carbonyl (C=O) groups is 3. The van der Waals surface area contributed by atoms with Crippen molar-refractivity contribution in [3.8, 4) is 0 Å². The molecular formula is C40H61NO15. The molecule has 0 amide bonds. The molecule has 316 valence electrons. The number of aliphatic hydroxyl groups is 7. The Kier molecular flexibility index (Phi) is 19.2. The summed E-state index contributed by atoms with van der Waals surface area (Å²) in [7, 11) is 0. The minimum atomic E-state index is -2.34. The molecule has 3 rings (SSSR count). The first-order chi connectivity index (χ1) is 26.4. The van der Waals surface area contributed by atoms with Crippen molar-refractivity contribution in [2.45, 2.75) is 158 Å². The van der Waals surface area contributed by atoms with Gasteiger partial charge in [-0.2, -0.15) is 0 Å². The number of aliphatic hydroxyl groups excluding tert-OH is 6. The summed E-state index contributed by atoms with van der Waals surface area (Å²) in [5, 5.41) is 85.5. The molecule has 3 aliphatic heterocycles. The Labute approximate surface area is 327 Å². The SMILES string of the molecule is CCC(C)C1C\C=C/C=C\C=C/C=C\C=C/C(O[C@@H]2O[C@H](C)[C@@H](O)[C@H](N)[C@@H]2O)CC2OC(O)(CC(O)C(O)CCC(=O)CC(O)CC(=O)O1)CC(O)C2C(=O)O. The van der Waals surface area contributed by atoms with Gasteiger partial charge in [0.15, 0.2) is 12.1 Å². The lowest BCUT2D eigenvalue weighted by Crippen LogP contribution is -2.61. The van der Waals surface area contributed by atoms with Crippen molar-refractivity contribution in [3.05, 3.63) is 60.8 Å². The van der Waals surface area contributed by atoms with Gasteiger partial charge in [-0.15, -0.1) is 0 Å². The third kappa shape index (κ3) is 14.7. The van der Waals surface area contributed by atoms with Crippen LogP contribution in [-0.4, -0.2) is 138 Å². The summed E-state index contributed by atoms with van der Waals surface area (Å²) in [5.74, 6) is -6.47. The number of carboxylic acid groups (broad SMARTS) is 1. The number of fused-ring (bicyclic) bond motifs is 2. The van der Waals surface area contributed by atoms with E-state index in [0.29, 0.717) is 6.42 Å². The largest absolute Gasteiger partial charge is 0.481 e. The molecule has 56 heavy (non-hydrogen) atoms. The average Bonchev–Trinajstić information content (AvgIpc) is 3.11. The fourth-order valence-electron chi connectivity index (χ4n) is 6.85. The number of esters is 1. The smallest absolute Gasteiger partial charge is 0.311 e. The molecule has 10 N–H and O–H groups in total. The summed E-state index contributed by atoms with van der Waals surface area (Å²) < 4.78 is 23.2. The van der Waals surface area contributed by atoms with Crippen molar-refractivity contribution in [2.24, 2.45) is 17.6 Å². The molecule has 0 aromatic rings. The first kappa shape index (κ1) is 47.2. The topological polar surface area (TPSA) is 276 Å². The van der Waals surface area contributed by atoms with Gasteiger partial charge in [0.2, 0.25) is 0 Å². The van der Waals surface area contributed by atoms with Crippen LogP contribution in [0.25, 0.3) is 0 Å². The predicted molar refractivity (Wildman–Crippen MR) is 201 cm³/mol. The number of cyclic esters (lactones) is 1. The lowest BCUT2D eigenvalue weighted by molar-refractivity contribution is -0.310. The van der Waals surface area contributed by atoms with Crippen molar-refractivity contribution in [3.63, 3.8) is 0 Å². The first-order valence-corrected chi connectivity index (χ1v) is 19.3. The van der Waals surface area contributed by atoms with Gasteiger partial charge in [0.1, 0.15) is 23.9 Å². The summed E-state index contributed by atoms with van der Waals surface area (Å²) in [5.41, 5.74) is 5.99. The monoisotopic (exact) mass is 795 g/mol. The van der Waals surface area contributed by atoms with E-state index in [1.54, 1.807) is 48.6 Å². The van der Waals surface area contributed by atoms with Crippen molar-refractivity contribution in [1.29, 1.82) is 0 Å². The molecule has 0 spiro atoms. The van der Waals surface area contributed by atoms with E-state index in [0.717, 1.165) is 6.42 Å². The minimum absolute atomic E-state index is 0.0294. The van der Waals surface area contributed by atoms with Crippen LogP contribution in [-0.2, 0) is 33.3 Å². The second kappa shape index (κ2) is 22.7. The van der Waals surface area contributed by atoms with Crippen molar-refractivity contribution in [2.75, 3.05) is 0 Å². The number of allylic oxidation sites excluding steroid dienone is 8. The molecule has 2 bridgehead atoms. The number of ketones is 1. The van der Waals surface area contributed by atoms with E-state index in [-0.39, 0.29) is 25.2 Å². The van der Waals surface area contributed by atoms with E-state index < -0.39 is 128 Å². The van der Waals surface area contributed by atoms with Crippen LogP contribution in [0.1, 0.15) is 78.6 Å². The molecule has 16 heteroatoms. The Morgan fingerprint density at radius 2 is 1.55 bits per heavy atom. The molecule has 0 radical (unpaired) electrons. The van der Waals surface area contributed by atoms with E-state index in [1.807, 2.05) is 19.9 Å². The van der Waals surface area contributed by atoms with Crippen LogP contribution < -0.4 is 5.73 Å². The number of hydrogen-bond acceptors (Lipinski definition) is 15. The fourth-order valence-corrected chi connectivity index (χ4v) is 6.85. The molecule has 15 atom stereocenters. The number of rotatable bonds is 5. The number of Topliss-reactive ketones (excluding diaryl/α,β-unsaturated/α-hetero) is 1. The number of nitrogens with two attached hydrogens (primary N) is 1. The average molecular weight is 796 g/mol. The Morgan fingerprint density at radius 3 is 2.20 bits per heavy atom. The Hall–Kier alpha value is -3.13. The molecule has 2 saturated heterocycles.